The monoisotopic (exact) mass is 344 g/mol. The molecule has 0 fully saturated rings. The van der Waals surface area contributed by atoms with Gasteiger partial charge in [0.15, 0.2) is 5.82 Å². The van der Waals surface area contributed by atoms with Crippen molar-refractivity contribution in [2.24, 2.45) is 0 Å². The molecule has 1 aromatic carbocycles. The summed E-state index contributed by atoms with van der Waals surface area (Å²) >= 11 is 0. The molecule has 128 valence electrons. The number of rotatable bonds is 4. The number of nitrogen functional groups attached to an aromatic ring is 1. The molecule has 7 nitrogen and oxygen atoms in total. The number of benzene rings is 1. The summed E-state index contributed by atoms with van der Waals surface area (Å²) in [4.78, 5) is 20.4. The minimum atomic E-state index is -0.129. The molecule has 0 aliphatic carbocycles. The zero-order chi connectivity index (χ0) is 17.9. The summed E-state index contributed by atoms with van der Waals surface area (Å²) < 4.78 is 0. The summed E-state index contributed by atoms with van der Waals surface area (Å²) in [6, 6.07) is 13.2. The SMILES string of the molecule is Nc1n[nH]c2ccc(-c3ccnc(NC(=O)Cc4ccncc4)c3)cc12. The number of nitrogens with two attached hydrogens (primary N) is 1. The second kappa shape index (κ2) is 6.64. The molecular weight excluding hydrogens is 328 g/mol. The third-order valence-electron chi connectivity index (χ3n) is 4.07. The first-order valence-corrected chi connectivity index (χ1v) is 8.08. The molecule has 0 saturated carbocycles. The summed E-state index contributed by atoms with van der Waals surface area (Å²) in [6.45, 7) is 0. The van der Waals surface area contributed by atoms with E-state index in [0.29, 0.717) is 11.6 Å². The van der Waals surface area contributed by atoms with Gasteiger partial charge in [-0.3, -0.25) is 14.9 Å². The fraction of sp³-hybridized carbons (Fsp3) is 0.0526. The van der Waals surface area contributed by atoms with Crippen LogP contribution in [0.1, 0.15) is 5.56 Å². The van der Waals surface area contributed by atoms with E-state index in [-0.39, 0.29) is 12.3 Å². The molecule has 4 rings (SSSR count). The number of hydrogen-bond donors (Lipinski definition) is 3. The predicted octanol–water partition coefficient (Wildman–Crippen LogP) is 2.78. The van der Waals surface area contributed by atoms with E-state index in [2.05, 4.69) is 25.5 Å². The van der Waals surface area contributed by atoms with Crippen molar-refractivity contribution in [1.29, 1.82) is 0 Å². The number of amides is 1. The van der Waals surface area contributed by atoms with Gasteiger partial charge in [0.2, 0.25) is 5.91 Å². The molecule has 4 N–H and O–H groups in total. The number of pyridine rings is 2. The molecule has 0 bridgehead atoms. The maximum absolute atomic E-state index is 12.2. The van der Waals surface area contributed by atoms with Crippen LogP contribution >= 0.6 is 0 Å². The summed E-state index contributed by atoms with van der Waals surface area (Å²) in [5.74, 6) is 0.832. The Bertz CT molecular complexity index is 1070. The summed E-state index contributed by atoms with van der Waals surface area (Å²) in [7, 11) is 0. The van der Waals surface area contributed by atoms with Crippen molar-refractivity contribution in [3.63, 3.8) is 0 Å². The maximum Gasteiger partial charge on any atom is 0.229 e. The van der Waals surface area contributed by atoms with Crippen molar-refractivity contribution in [2.75, 3.05) is 11.1 Å². The van der Waals surface area contributed by atoms with E-state index in [9.17, 15) is 4.79 Å². The molecule has 0 spiro atoms. The molecule has 1 amide bonds. The summed E-state index contributed by atoms with van der Waals surface area (Å²) in [5.41, 5.74) is 9.56. The number of H-pyrrole nitrogens is 1. The Morgan fingerprint density at radius 2 is 1.85 bits per heavy atom. The lowest BCUT2D eigenvalue weighted by Gasteiger charge is -2.07. The number of nitrogens with one attached hydrogen (secondary N) is 2. The van der Waals surface area contributed by atoms with Crippen molar-refractivity contribution >= 4 is 28.4 Å². The number of aromatic nitrogens is 4. The summed E-state index contributed by atoms with van der Waals surface area (Å²) in [5, 5.41) is 10.6. The van der Waals surface area contributed by atoms with Crippen molar-refractivity contribution in [1.82, 2.24) is 20.2 Å². The molecule has 26 heavy (non-hydrogen) atoms. The molecule has 4 aromatic rings. The molecule has 3 aromatic heterocycles. The first kappa shape index (κ1) is 15.8. The van der Waals surface area contributed by atoms with Crippen LogP contribution in [-0.4, -0.2) is 26.1 Å². The van der Waals surface area contributed by atoms with Gasteiger partial charge in [-0.15, -0.1) is 0 Å². The lowest BCUT2D eigenvalue weighted by atomic mass is 10.0. The first-order valence-electron chi connectivity index (χ1n) is 8.08. The van der Waals surface area contributed by atoms with Crippen LogP contribution in [0.25, 0.3) is 22.0 Å². The average Bonchev–Trinajstić information content (AvgIpc) is 3.03. The van der Waals surface area contributed by atoms with E-state index in [0.717, 1.165) is 27.6 Å². The van der Waals surface area contributed by atoms with Gasteiger partial charge in [-0.25, -0.2) is 4.98 Å². The van der Waals surface area contributed by atoms with Crippen LogP contribution in [0.15, 0.2) is 61.1 Å². The Morgan fingerprint density at radius 3 is 2.69 bits per heavy atom. The highest BCUT2D eigenvalue weighted by Crippen LogP contribution is 2.27. The fourth-order valence-electron chi connectivity index (χ4n) is 2.77. The minimum Gasteiger partial charge on any atom is -0.382 e. The van der Waals surface area contributed by atoms with Gasteiger partial charge in [-0.2, -0.15) is 5.10 Å². The number of carbonyl (C=O) groups excluding carboxylic acids is 1. The van der Waals surface area contributed by atoms with E-state index in [1.54, 1.807) is 18.6 Å². The molecular formula is C19H16N6O. The number of carbonyl (C=O) groups is 1. The Morgan fingerprint density at radius 1 is 1.04 bits per heavy atom. The van der Waals surface area contributed by atoms with Crippen molar-refractivity contribution < 1.29 is 4.79 Å². The second-order valence-corrected chi connectivity index (χ2v) is 5.88. The van der Waals surface area contributed by atoms with Crippen LogP contribution in [0, 0.1) is 0 Å². The largest absolute Gasteiger partial charge is 0.382 e. The van der Waals surface area contributed by atoms with Crippen LogP contribution in [0.3, 0.4) is 0 Å². The highest BCUT2D eigenvalue weighted by molar-refractivity contribution is 5.94. The van der Waals surface area contributed by atoms with E-state index in [1.165, 1.54) is 0 Å². The van der Waals surface area contributed by atoms with E-state index < -0.39 is 0 Å². The van der Waals surface area contributed by atoms with Gasteiger partial charge < -0.3 is 11.1 Å². The van der Waals surface area contributed by atoms with Gasteiger partial charge in [0, 0.05) is 24.0 Å². The number of hydrogen-bond acceptors (Lipinski definition) is 5. The topological polar surface area (TPSA) is 110 Å². The third kappa shape index (κ3) is 3.23. The average molecular weight is 344 g/mol. The van der Waals surface area contributed by atoms with Gasteiger partial charge in [-0.05, 0) is 53.1 Å². The second-order valence-electron chi connectivity index (χ2n) is 5.88. The zero-order valence-corrected chi connectivity index (χ0v) is 13.8. The fourth-order valence-corrected chi connectivity index (χ4v) is 2.77. The number of nitrogens with zero attached hydrogens (tertiary/aromatic N) is 3. The lowest BCUT2D eigenvalue weighted by Crippen LogP contribution is -2.15. The molecule has 0 aliphatic rings. The molecule has 3 heterocycles. The van der Waals surface area contributed by atoms with Crippen LogP contribution in [0.5, 0.6) is 0 Å². The highest BCUT2D eigenvalue weighted by atomic mass is 16.1. The van der Waals surface area contributed by atoms with Gasteiger partial charge in [-0.1, -0.05) is 6.07 Å². The predicted molar refractivity (Wildman–Crippen MR) is 100 cm³/mol. The Hall–Kier alpha value is -3.74. The van der Waals surface area contributed by atoms with Crippen molar-refractivity contribution in [2.45, 2.75) is 6.42 Å². The Balaban J connectivity index is 1.55. The van der Waals surface area contributed by atoms with Crippen LogP contribution < -0.4 is 11.1 Å². The molecule has 7 heteroatoms. The molecule has 0 unspecified atom stereocenters. The standard InChI is InChI=1S/C19H16N6O/c20-19-15-10-13(1-2-16(15)24-25-19)14-5-8-22-17(11-14)23-18(26)9-12-3-6-21-7-4-12/h1-8,10-11H,9H2,(H3,20,24,25)(H,22,23,26). The molecule has 0 atom stereocenters. The third-order valence-corrected chi connectivity index (χ3v) is 4.07. The Kier molecular flexibility index (Phi) is 4.03. The van der Waals surface area contributed by atoms with Crippen LogP contribution in [0.2, 0.25) is 0 Å². The van der Waals surface area contributed by atoms with Gasteiger partial charge in [0.25, 0.3) is 0 Å². The quantitative estimate of drug-likeness (QED) is 0.527. The number of fused-ring (bicyclic) bond motifs is 1. The number of aromatic amines is 1. The zero-order valence-electron chi connectivity index (χ0n) is 13.8. The highest BCUT2D eigenvalue weighted by Gasteiger charge is 2.08. The first-order chi connectivity index (χ1) is 12.7. The molecule has 0 saturated heterocycles. The van der Waals surface area contributed by atoms with E-state index >= 15 is 0 Å². The smallest absolute Gasteiger partial charge is 0.229 e. The van der Waals surface area contributed by atoms with Crippen molar-refractivity contribution in [3.05, 3.63) is 66.6 Å². The van der Waals surface area contributed by atoms with Gasteiger partial charge in [0.05, 0.1) is 11.9 Å². The lowest BCUT2D eigenvalue weighted by molar-refractivity contribution is -0.115. The number of anilines is 2. The normalized spacial score (nSPS) is 10.8. The van der Waals surface area contributed by atoms with E-state index in [1.807, 2.05) is 42.5 Å². The van der Waals surface area contributed by atoms with Crippen LogP contribution in [0.4, 0.5) is 11.6 Å². The summed E-state index contributed by atoms with van der Waals surface area (Å²) in [6.07, 6.45) is 5.27. The van der Waals surface area contributed by atoms with Crippen LogP contribution in [-0.2, 0) is 11.2 Å². The van der Waals surface area contributed by atoms with Gasteiger partial charge >= 0.3 is 0 Å². The minimum absolute atomic E-state index is 0.129. The van der Waals surface area contributed by atoms with Crippen molar-refractivity contribution in [3.8, 4) is 11.1 Å². The Labute approximate surface area is 149 Å². The maximum atomic E-state index is 12.2. The molecule has 0 radical (unpaired) electrons. The van der Waals surface area contributed by atoms with Gasteiger partial charge in [0.1, 0.15) is 5.82 Å². The van der Waals surface area contributed by atoms with E-state index in [4.69, 9.17) is 5.73 Å². The molecule has 0 aliphatic heterocycles.